The molecule has 2 N–H and O–H groups in total. The van der Waals surface area contributed by atoms with Crippen molar-refractivity contribution in [1.29, 1.82) is 0 Å². The first-order chi connectivity index (χ1) is 8.91. The van der Waals surface area contributed by atoms with Gasteiger partial charge in [-0.3, -0.25) is 0 Å². The fraction of sp³-hybridized carbons (Fsp3) is 0.538. The zero-order valence-corrected chi connectivity index (χ0v) is 11.1. The van der Waals surface area contributed by atoms with Gasteiger partial charge < -0.3 is 10.6 Å². The third-order valence-electron chi connectivity index (χ3n) is 3.51. The van der Waals surface area contributed by atoms with E-state index in [2.05, 4.69) is 0 Å². The fourth-order valence-corrected chi connectivity index (χ4v) is 2.63. The molecule has 0 amide bonds. The van der Waals surface area contributed by atoms with E-state index >= 15 is 0 Å². The Morgan fingerprint density at radius 1 is 1.37 bits per heavy atom. The van der Waals surface area contributed by atoms with E-state index in [0.29, 0.717) is 24.5 Å². The van der Waals surface area contributed by atoms with Crippen LogP contribution in [0, 0.1) is 5.92 Å². The number of nitrogens with two attached hydrogens (primary N) is 1. The number of halogens is 4. The number of nitrogens with zero attached hydrogens (tertiary/aromatic N) is 1. The van der Waals surface area contributed by atoms with Crippen LogP contribution in [0.3, 0.4) is 0 Å². The van der Waals surface area contributed by atoms with Crippen LogP contribution in [0.25, 0.3) is 0 Å². The molecule has 0 bridgehead atoms. The average molecular weight is 293 g/mol. The predicted octanol–water partition coefficient (Wildman–Crippen LogP) is 3.58. The Morgan fingerprint density at radius 2 is 2.11 bits per heavy atom. The molecule has 106 valence electrons. The topological polar surface area (TPSA) is 29.3 Å². The highest BCUT2D eigenvalue weighted by atomic mass is 35.5. The maximum absolute atomic E-state index is 12.8. The minimum absolute atomic E-state index is 0.00179. The van der Waals surface area contributed by atoms with Crippen LogP contribution in [0.4, 0.5) is 18.9 Å². The minimum atomic E-state index is -4.13. The van der Waals surface area contributed by atoms with E-state index in [0.717, 1.165) is 11.3 Å². The lowest BCUT2D eigenvalue weighted by atomic mass is 9.97. The van der Waals surface area contributed by atoms with Crippen LogP contribution in [0.15, 0.2) is 18.2 Å². The van der Waals surface area contributed by atoms with E-state index in [-0.39, 0.29) is 13.0 Å². The van der Waals surface area contributed by atoms with E-state index in [1.54, 1.807) is 23.1 Å². The molecule has 1 aromatic rings. The Hall–Kier alpha value is -0.940. The maximum Gasteiger partial charge on any atom is 0.393 e. The van der Waals surface area contributed by atoms with Gasteiger partial charge >= 0.3 is 6.18 Å². The highest BCUT2D eigenvalue weighted by Crippen LogP contribution is 2.35. The second-order valence-corrected chi connectivity index (χ2v) is 5.21. The Bertz CT molecular complexity index is 448. The summed E-state index contributed by atoms with van der Waals surface area (Å²) < 4.78 is 38.3. The smallest absolute Gasteiger partial charge is 0.371 e. The third-order valence-corrected chi connectivity index (χ3v) is 3.86. The average Bonchev–Trinajstić information content (AvgIpc) is 2.38. The molecular formula is C13H16ClF3N2. The first-order valence-corrected chi connectivity index (χ1v) is 6.59. The van der Waals surface area contributed by atoms with Gasteiger partial charge in [0.15, 0.2) is 0 Å². The first kappa shape index (κ1) is 14.5. The van der Waals surface area contributed by atoms with Crippen molar-refractivity contribution in [3.8, 4) is 0 Å². The number of piperidine rings is 1. The van der Waals surface area contributed by atoms with Gasteiger partial charge in [0.05, 0.1) is 5.92 Å². The van der Waals surface area contributed by atoms with Gasteiger partial charge in [-0.1, -0.05) is 17.7 Å². The van der Waals surface area contributed by atoms with Crippen molar-refractivity contribution < 1.29 is 13.2 Å². The summed E-state index contributed by atoms with van der Waals surface area (Å²) in [6, 6.07) is 5.25. The molecule has 1 aromatic carbocycles. The molecule has 0 saturated carbocycles. The predicted molar refractivity (Wildman–Crippen MR) is 70.3 cm³/mol. The summed E-state index contributed by atoms with van der Waals surface area (Å²) in [5.41, 5.74) is 7.04. The zero-order chi connectivity index (χ0) is 14.0. The molecule has 0 radical (unpaired) electrons. The van der Waals surface area contributed by atoms with Crippen molar-refractivity contribution in [3.63, 3.8) is 0 Å². The van der Waals surface area contributed by atoms with Crippen LogP contribution in [-0.4, -0.2) is 19.3 Å². The second-order valence-electron chi connectivity index (χ2n) is 4.81. The van der Waals surface area contributed by atoms with Gasteiger partial charge in [0.25, 0.3) is 0 Å². The monoisotopic (exact) mass is 292 g/mol. The molecule has 0 aliphatic carbocycles. The fourth-order valence-electron chi connectivity index (χ4n) is 2.38. The van der Waals surface area contributed by atoms with Crippen LogP contribution < -0.4 is 10.6 Å². The summed E-state index contributed by atoms with van der Waals surface area (Å²) in [5, 5.41) is 0.508. The van der Waals surface area contributed by atoms with Crippen LogP contribution in [0.5, 0.6) is 0 Å². The number of alkyl halides is 3. The summed E-state index contributed by atoms with van der Waals surface area (Å²) in [5.74, 6) is -1.26. The lowest BCUT2D eigenvalue weighted by Crippen LogP contribution is -2.41. The maximum atomic E-state index is 12.8. The second kappa shape index (κ2) is 5.59. The highest BCUT2D eigenvalue weighted by molar-refractivity contribution is 6.31. The molecule has 2 rings (SSSR count). The van der Waals surface area contributed by atoms with Crippen LogP contribution >= 0.6 is 11.6 Å². The molecular weight excluding hydrogens is 277 g/mol. The van der Waals surface area contributed by atoms with E-state index < -0.39 is 12.1 Å². The van der Waals surface area contributed by atoms with Gasteiger partial charge in [0.1, 0.15) is 0 Å². The molecule has 0 spiro atoms. The Kier molecular flexibility index (Phi) is 4.26. The van der Waals surface area contributed by atoms with Gasteiger partial charge in [0.2, 0.25) is 0 Å². The Labute approximate surface area is 115 Å². The lowest BCUT2D eigenvalue weighted by Gasteiger charge is -2.35. The molecule has 1 saturated heterocycles. The third kappa shape index (κ3) is 3.34. The number of rotatable bonds is 2. The largest absolute Gasteiger partial charge is 0.393 e. The van der Waals surface area contributed by atoms with Gasteiger partial charge in [0, 0.05) is 30.3 Å². The van der Waals surface area contributed by atoms with Gasteiger partial charge in [-0.05, 0) is 30.5 Å². The van der Waals surface area contributed by atoms with Crippen molar-refractivity contribution in [3.05, 3.63) is 28.8 Å². The Morgan fingerprint density at radius 3 is 2.68 bits per heavy atom. The zero-order valence-electron chi connectivity index (χ0n) is 10.4. The summed E-state index contributed by atoms with van der Waals surface area (Å²) in [6.07, 6.45) is -3.38. The van der Waals surface area contributed by atoms with E-state index in [4.69, 9.17) is 17.3 Å². The number of anilines is 1. The summed E-state index contributed by atoms with van der Waals surface area (Å²) >= 11 is 6.05. The van der Waals surface area contributed by atoms with Crippen molar-refractivity contribution in [2.75, 3.05) is 18.0 Å². The number of hydrogen-bond acceptors (Lipinski definition) is 2. The molecule has 2 nitrogen and oxygen atoms in total. The normalized spacial score (nSPS) is 20.7. The molecule has 1 unspecified atom stereocenters. The van der Waals surface area contributed by atoms with E-state index in [1.165, 1.54) is 0 Å². The molecule has 1 heterocycles. The van der Waals surface area contributed by atoms with Crippen molar-refractivity contribution >= 4 is 17.3 Å². The van der Waals surface area contributed by atoms with Gasteiger partial charge in [-0.15, -0.1) is 0 Å². The van der Waals surface area contributed by atoms with Crippen LogP contribution in [0.1, 0.15) is 18.4 Å². The van der Waals surface area contributed by atoms with Gasteiger partial charge in [-0.2, -0.15) is 13.2 Å². The molecule has 1 atom stereocenters. The summed E-state index contributed by atoms with van der Waals surface area (Å²) in [4.78, 5) is 1.74. The molecule has 6 heteroatoms. The van der Waals surface area contributed by atoms with Crippen molar-refractivity contribution in [2.24, 2.45) is 11.7 Å². The molecule has 1 aliphatic heterocycles. The highest BCUT2D eigenvalue weighted by Gasteiger charge is 2.41. The Balaban J connectivity index is 2.15. The standard InChI is InChI=1S/C13H16ClF3N2/c14-12-6-11(4-3-9(12)7-18)19-5-1-2-10(8-19)13(15,16)17/h3-4,6,10H,1-2,5,7-8,18H2. The molecule has 1 fully saturated rings. The van der Waals surface area contributed by atoms with Gasteiger partial charge in [-0.25, -0.2) is 0 Å². The van der Waals surface area contributed by atoms with Crippen LogP contribution in [0.2, 0.25) is 5.02 Å². The molecule has 19 heavy (non-hydrogen) atoms. The summed E-state index contributed by atoms with van der Waals surface area (Å²) in [6.45, 7) is 0.955. The van der Waals surface area contributed by atoms with E-state index in [9.17, 15) is 13.2 Å². The lowest BCUT2D eigenvalue weighted by molar-refractivity contribution is -0.175. The SMILES string of the molecule is NCc1ccc(N2CCCC(C(F)(F)F)C2)cc1Cl. The van der Waals surface area contributed by atoms with Crippen LogP contribution in [-0.2, 0) is 6.54 Å². The number of benzene rings is 1. The first-order valence-electron chi connectivity index (χ1n) is 6.22. The quantitative estimate of drug-likeness (QED) is 0.903. The van der Waals surface area contributed by atoms with E-state index in [1.807, 2.05) is 0 Å². The molecule has 1 aliphatic rings. The summed E-state index contributed by atoms with van der Waals surface area (Å²) in [7, 11) is 0. The van der Waals surface area contributed by atoms with Crippen molar-refractivity contribution in [2.45, 2.75) is 25.6 Å². The van der Waals surface area contributed by atoms with Crippen molar-refractivity contribution in [1.82, 2.24) is 0 Å². The minimum Gasteiger partial charge on any atom is -0.371 e. The molecule has 0 aromatic heterocycles. The number of hydrogen-bond donors (Lipinski definition) is 1.